The van der Waals surface area contributed by atoms with Crippen molar-refractivity contribution in [1.82, 2.24) is 0 Å². The second-order valence-corrected chi connectivity index (χ2v) is 1.47. The minimum absolute atomic E-state index is 0. The van der Waals surface area contributed by atoms with E-state index in [9.17, 15) is 0 Å². The smallest absolute Gasteiger partial charge is 0.759 e. The van der Waals surface area contributed by atoms with E-state index in [1.54, 1.807) is 0 Å². The van der Waals surface area contributed by atoms with Crippen molar-refractivity contribution in [1.29, 1.82) is 0 Å². The maximum Gasteiger partial charge on any atom is 4.00 e. The Balaban J connectivity index is -0.0000000910. The fourth-order valence-electron chi connectivity index (χ4n) is 0. The Labute approximate surface area is 66.2 Å². The van der Waals surface area contributed by atoms with Crippen molar-refractivity contribution in [2.24, 2.45) is 0 Å². The summed E-state index contributed by atoms with van der Waals surface area (Å²) in [5.41, 5.74) is 0. The van der Waals surface area contributed by atoms with Gasteiger partial charge >= 0.3 is 16.5 Å². The molecule has 7 nitrogen and oxygen atoms in total. The summed E-state index contributed by atoms with van der Waals surface area (Å²) in [5.74, 6) is 0. The molecule has 0 aliphatic heterocycles. The van der Waals surface area contributed by atoms with E-state index in [0.717, 1.165) is 0 Å². The second-order valence-electron chi connectivity index (χ2n) is 0.658. The second kappa shape index (κ2) is 6.75. The molecule has 9 heteroatoms. The molecular weight excluding hydrogens is 215 g/mol. The number of carbonyl (C=O) groups is 1. The molecule has 0 amide bonds. The van der Waals surface area contributed by atoms with Gasteiger partial charge in [-0.15, -0.1) is 0 Å². The van der Waals surface area contributed by atoms with Gasteiger partial charge in [0, 0.05) is 10.4 Å². The first-order valence-corrected chi connectivity index (χ1v) is 2.61. The summed E-state index contributed by atoms with van der Waals surface area (Å²) in [4.78, 5) is 8.33. The first-order valence-electron chi connectivity index (χ1n) is 1.28. The topological polar surface area (TPSA) is 143 Å². The molecule has 0 fully saturated rings. The molecule has 0 aromatic rings. The Hall–Kier alpha value is -0.366. The maximum absolute atomic E-state index is 8.52. The standard InChI is InChI=1S/CH2O3.Ni.H2O4S/c2-1(3)4;;1-5(2,3)4/h(H2,2,3,4);;(H2,1,2,3,4)/q;+4;/p-4. The first kappa shape index (κ1) is 16.3. The quantitative estimate of drug-likeness (QED) is 0.229. The van der Waals surface area contributed by atoms with Gasteiger partial charge in [0.15, 0.2) is 0 Å². The van der Waals surface area contributed by atoms with E-state index in [1.807, 2.05) is 0 Å². The summed E-state index contributed by atoms with van der Waals surface area (Å²) >= 11 is 0. The van der Waals surface area contributed by atoms with Gasteiger partial charge in [0.05, 0.1) is 0 Å². The normalized spacial score (nSPS) is 8.20. The minimum atomic E-state index is -5.17. The van der Waals surface area contributed by atoms with E-state index in [0.29, 0.717) is 0 Å². The predicted molar refractivity (Wildman–Crippen MR) is 15.9 cm³/mol. The molecule has 0 saturated carbocycles. The zero-order valence-corrected chi connectivity index (χ0v) is 5.89. The SMILES string of the molecule is O=C([O-])[O-].O=S(=O)([O-])[O-].[Ni+4]. The van der Waals surface area contributed by atoms with Crippen molar-refractivity contribution in [3.05, 3.63) is 0 Å². The largest absolute Gasteiger partial charge is 4.00 e. The van der Waals surface area contributed by atoms with Crippen molar-refractivity contribution in [3.63, 3.8) is 0 Å². The zero-order chi connectivity index (χ0) is 8.08. The van der Waals surface area contributed by atoms with Gasteiger partial charge < -0.3 is 24.1 Å². The molecule has 0 saturated heterocycles. The van der Waals surface area contributed by atoms with Crippen LogP contribution in [0.25, 0.3) is 0 Å². The fourth-order valence-corrected chi connectivity index (χ4v) is 0. The van der Waals surface area contributed by atoms with Crippen molar-refractivity contribution in [2.75, 3.05) is 0 Å². The van der Waals surface area contributed by atoms with Crippen LogP contribution in [0.2, 0.25) is 0 Å². The summed E-state index contributed by atoms with van der Waals surface area (Å²) < 4.78 is 34.1. The number of carboxylic acid groups (broad SMARTS) is 2. The molecule has 0 N–H and O–H groups in total. The first-order chi connectivity index (χ1) is 3.73. The number of carbonyl (C=O) groups excluding carboxylic acids is 1. The van der Waals surface area contributed by atoms with Crippen LogP contribution >= 0.6 is 0 Å². The molecule has 0 aliphatic carbocycles. The average molecular weight is 215 g/mol. The molecule has 0 aromatic heterocycles. The van der Waals surface area contributed by atoms with Crippen LogP contribution in [0.3, 0.4) is 0 Å². The summed E-state index contributed by atoms with van der Waals surface area (Å²) in [6.07, 6.45) is -2.33. The Morgan fingerprint density at radius 3 is 1.10 bits per heavy atom. The molecule has 0 spiro atoms. The molecule has 0 heterocycles. The van der Waals surface area contributed by atoms with Crippen LogP contribution in [0.4, 0.5) is 4.79 Å². The minimum Gasteiger partial charge on any atom is -0.759 e. The zero-order valence-electron chi connectivity index (χ0n) is 4.08. The number of rotatable bonds is 0. The van der Waals surface area contributed by atoms with E-state index in [1.165, 1.54) is 0 Å². The molecule has 0 aromatic carbocycles. The molecular formula is CNiO7S. The third kappa shape index (κ3) is 2500. The Morgan fingerprint density at radius 1 is 1.10 bits per heavy atom. The van der Waals surface area contributed by atoms with Gasteiger partial charge in [-0.05, 0) is 6.16 Å². The molecule has 10 heavy (non-hydrogen) atoms. The van der Waals surface area contributed by atoms with Gasteiger partial charge in [0.25, 0.3) is 0 Å². The van der Waals surface area contributed by atoms with Gasteiger partial charge in [0.1, 0.15) is 0 Å². The monoisotopic (exact) mass is 214 g/mol. The molecule has 0 atom stereocenters. The fraction of sp³-hybridized carbons (Fsp3) is 0. The summed E-state index contributed by atoms with van der Waals surface area (Å²) in [6, 6.07) is 0. The van der Waals surface area contributed by atoms with Crippen LogP contribution < -0.4 is 10.2 Å². The Morgan fingerprint density at radius 2 is 1.10 bits per heavy atom. The predicted octanol–water partition coefficient (Wildman–Crippen LogP) is -3.79. The van der Waals surface area contributed by atoms with Crippen LogP contribution in [0.1, 0.15) is 0 Å². The van der Waals surface area contributed by atoms with Gasteiger partial charge in [-0.25, -0.2) is 0 Å². The third-order valence-electron chi connectivity index (χ3n) is 0. The Kier molecular flexibility index (Phi) is 11.0. The molecule has 0 aliphatic rings. The molecule has 62 valence electrons. The number of hydrogen-bond donors (Lipinski definition) is 0. The van der Waals surface area contributed by atoms with E-state index < -0.39 is 16.6 Å². The van der Waals surface area contributed by atoms with Crippen LogP contribution in [-0.2, 0) is 26.9 Å². The molecule has 0 bridgehead atoms. The van der Waals surface area contributed by atoms with Crippen molar-refractivity contribution in [3.8, 4) is 0 Å². The van der Waals surface area contributed by atoms with Crippen molar-refractivity contribution in [2.45, 2.75) is 0 Å². The van der Waals surface area contributed by atoms with Crippen molar-refractivity contribution >= 4 is 16.6 Å². The summed E-state index contributed by atoms with van der Waals surface area (Å²) in [6.45, 7) is 0. The van der Waals surface area contributed by atoms with E-state index in [2.05, 4.69) is 0 Å². The van der Waals surface area contributed by atoms with Crippen LogP contribution in [0, 0.1) is 0 Å². The van der Waals surface area contributed by atoms with Crippen LogP contribution in [0.15, 0.2) is 0 Å². The van der Waals surface area contributed by atoms with Crippen LogP contribution in [0.5, 0.6) is 0 Å². The third-order valence-corrected chi connectivity index (χ3v) is 0. The number of hydrogen-bond acceptors (Lipinski definition) is 7. The van der Waals surface area contributed by atoms with Crippen molar-refractivity contribution < 1.29 is 49.0 Å². The van der Waals surface area contributed by atoms with Gasteiger partial charge in [-0.2, -0.15) is 0 Å². The van der Waals surface area contributed by atoms with E-state index >= 15 is 0 Å². The Bertz CT molecular complexity index is 156. The summed E-state index contributed by atoms with van der Waals surface area (Å²) in [7, 11) is -5.17. The summed E-state index contributed by atoms with van der Waals surface area (Å²) in [5, 5.41) is 16.7. The average Bonchev–Trinajstić information content (AvgIpc) is 1.19. The van der Waals surface area contributed by atoms with E-state index in [4.69, 9.17) is 32.5 Å². The van der Waals surface area contributed by atoms with Crippen LogP contribution in [-0.4, -0.2) is 23.7 Å². The van der Waals surface area contributed by atoms with E-state index in [-0.39, 0.29) is 16.5 Å². The van der Waals surface area contributed by atoms with Gasteiger partial charge in [-0.1, -0.05) is 0 Å². The van der Waals surface area contributed by atoms with Gasteiger partial charge in [0.2, 0.25) is 0 Å². The molecule has 0 rings (SSSR count). The maximum atomic E-state index is 8.52. The molecule has 0 unspecified atom stereocenters. The molecule has 0 radical (unpaired) electrons. The van der Waals surface area contributed by atoms with Gasteiger partial charge in [-0.3, -0.25) is 8.42 Å².